The largest absolute Gasteiger partial charge is 0.396 e. The summed E-state index contributed by atoms with van der Waals surface area (Å²) < 4.78 is 0. The second-order valence-electron chi connectivity index (χ2n) is 5.23. The van der Waals surface area contributed by atoms with E-state index in [1.165, 1.54) is 45.2 Å². The van der Waals surface area contributed by atoms with Gasteiger partial charge in [-0.15, -0.1) is 0 Å². The van der Waals surface area contributed by atoms with Crippen molar-refractivity contribution < 1.29 is 5.11 Å². The fraction of sp³-hybridized carbons (Fsp3) is 1.00. The van der Waals surface area contributed by atoms with E-state index in [-0.39, 0.29) is 0 Å². The predicted octanol–water partition coefficient (Wildman–Crippen LogP) is 1.37. The Bertz CT molecular complexity index is 198. The van der Waals surface area contributed by atoms with E-state index in [1.807, 2.05) is 0 Å². The Morgan fingerprint density at radius 1 is 1.06 bits per heavy atom. The van der Waals surface area contributed by atoms with Gasteiger partial charge in [0.2, 0.25) is 0 Å². The number of hydrogen-bond acceptors (Lipinski definition) is 3. The summed E-state index contributed by atoms with van der Waals surface area (Å²) in [7, 11) is 0. The molecule has 3 heteroatoms. The van der Waals surface area contributed by atoms with E-state index in [1.54, 1.807) is 0 Å². The first-order valence-electron chi connectivity index (χ1n) is 7.00. The number of unbranched alkanes of at least 4 members (excludes halogenated alkanes) is 2. The average Bonchev–Trinajstić information content (AvgIpc) is 2.73. The zero-order valence-corrected chi connectivity index (χ0v) is 10.3. The van der Waals surface area contributed by atoms with Gasteiger partial charge in [-0.1, -0.05) is 6.42 Å². The normalized spacial score (nSPS) is 30.6. The van der Waals surface area contributed by atoms with Crippen LogP contribution in [0.1, 0.15) is 44.9 Å². The van der Waals surface area contributed by atoms with Crippen molar-refractivity contribution in [1.82, 2.24) is 10.2 Å². The molecule has 16 heavy (non-hydrogen) atoms. The predicted molar refractivity (Wildman–Crippen MR) is 66.6 cm³/mol. The molecule has 0 saturated carbocycles. The van der Waals surface area contributed by atoms with Gasteiger partial charge in [0.25, 0.3) is 0 Å². The first-order chi connectivity index (χ1) is 7.92. The number of rotatable bonds is 6. The summed E-state index contributed by atoms with van der Waals surface area (Å²) in [5.74, 6) is 0. The topological polar surface area (TPSA) is 35.5 Å². The second kappa shape index (κ2) is 6.58. The van der Waals surface area contributed by atoms with Gasteiger partial charge in [0.1, 0.15) is 0 Å². The van der Waals surface area contributed by atoms with Gasteiger partial charge >= 0.3 is 0 Å². The SMILES string of the molecule is OCCCCCNC1CCN2CCCCC12. The summed E-state index contributed by atoms with van der Waals surface area (Å²) in [6.07, 6.45) is 8.89. The van der Waals surface area contributed by atoms with Crippen molar-refractivity contribution in [3.05, 3.63) is 0 Å². The van der Waals surface area contributed by atoms with Crippen LogP contribution in [0.5, 0.6) is 0 Å². The molecule has 0 aromatic rings. The van der Waals surface area contributed by atoms with Crippen LogP contribution in [-0.2, 0) is 0 Å². The average molecular weight is 226 g/mol. The maximum absolute atomic E-state index is 8.70. The molecule has 0 aromatic carbocycles. The Morgan fingerprint density at radius 2 is 2.00 bits per heavy atom. The quantitative estimate of drug-likeness (QED) is 0.671. The highest BCUT2D eigenvalue weighted by molar-refractivity contribution is 4.93. The Hall–Kier alpha value is -0.120. The molecule has 2 aliphatic heterocycles. The lowest BCUT2D eigenvalue weighted by atomic mass is 9.99. The number of aliphatic hydroxyl groups excluding tert-OH is 1. The van der Waals surface area contributed by atoms with Crippen LogP contribution in [0.2, 0.25) is 0 Å². The minimum atomic E-state index is 0.347. The molecular weight excluding hydrogens is 200 g/mol. The summed E-state index contributed by atoms with van der Waals surface area (Å²) in [6, 6.07) is 1.57. The van der Waals surface area contributed by atoms with Gasteiger partial charge in [0, 0.05) is 25.2 Å². The second-order valence-corrected chi connectivity index (χ2v) is 5.23. The van der Waals surface area contributed by atoms with Crippen LogP contribution in [0.25, 0.3) is 0 Å². The standard InChI is InChI=1S/C13H26N2O/c16-11-5-1-3-8-14-12-7-10-15-9-4-2-6-13(12)15/h12-14,16H,1-11H2. The lowest BCUT2D eigenvalue weighted by Gasteiger charge is -2.32. The first-order valence-corrected chi connectivity index (χ1v) is 7.00. The van der Waals surface area contributed by atoms with E-state index >= 15 is 0 Å². The summed E-state index contributed by atoms with van der Waals surface area (Å²) in [5.41, 5.74) is 0. The monoisotopic (exact) mass is 226 g/mol. The van der Waals surface area contributed by atoms with Gasteiger partial charge in [0.15, 0.2) is 0 Å². The highest BCUT2D eigenvalue weighted by Gasteiger charge is 2.34. The third-order valence-corrected chi connectivity index (χ3v) is 4.10. The maximum Gasteiger partial charge on any atom is 0.0431 e. The fourth-order valence-electron chi connectivity index (χ4n) is 3.19. The van der Waals surface area contributed by atoms with Gasteiger partial charge in [-0.25, -0.2) is 0 Å². The van der Waals surface area contributed by atoms with Crippen molar-refractivity contribution in [3.63, 3.8) is 0 Å². The molecule has 2 N–H and O–H groups in total. The minimum Gasteiger partial charge on any atom is -0.396 e. The summed E-state index contributed by atoms with van der Waals surface area (Å²) >= 11 is 0. The van der Waals surface area contributed by atoms with E-state index in [4.69, 9.17) is 5.11 Å². The van der Waals surface area contributed by atoms with Crippen LogP contribution in [-0.4, -0.2) is 48.3 Å². The van der Waals surface area contributed by atoms with Crippen LogP contribution in [0.4, 0.5) is 0 Å². The smallest absolute Gasteiger partial charge is 0.0431 e. The Labute approximate surface area is 99.2 Å². The molecule has 2 saturated heterocycles. The number of aliphatic hydroxyl groups is 1. The van der Waals surface area contributed by atoms with E-state index in [0.717, 1.165) is 31.5 Å². The minimum absolute atomic E-state index is 0.347. The van der Waals surface area contributed by atoms with Gasteiger partial charge in [-0.3, -0.25) is 4.90 Å². The number of fused-ring (bicyclic) bond motifs is 1. The first kappa shape index (κ1) is 12.3. The Kier molecular flexibility index (Phi) is 5.07. The molecule has 94 valence electrons. The molecule has 0 aromatic heterocycles. The molecule has 0 bridgehead atoms. The number of piperidine rings is 1. The number of nitrogens with one attached hydrogen (secondary N) is 1. The molecule has 2 aliphatic rings. The zero-order chi connectivity index (χ0) is 11.2. The van der Waals surface area contributed by atoms with Crippen LogP contribution in [0.15, 0.2) is 0 Å². The summed E-state index contributed by atoms with van der Waals surface area (Å²) in [6.45, 7) is 4.11. The van der Waals surface area contributed by atoms with Crippen molar-refractivity contribution >= 4 is 0 Å². The Morgan fingerprint density at radius 3 is 2.88 bits per heavy atom. The van der Waals surface area contributed by atoms with Crippen LogP contribution < -0.4 is 5.32 Å². The maximum atomic E-state index is 8.70. The van der Waals surface area contributed by atoms with Gasteiger partial charge in [0.05, 0.1) is 0 Å². The van der Waals surface area contributed by atoms with Crippen molar-refractivity contribution in [2.45, 2.75) is 57.0 Å². The van der Waals surface area contributed by atoms with Crippen molar-refractivity contribution in [2.24, 2.45) is 0 Å². The molecule has 2 rings (SSSR count). The highest BCUT2D eigenvalue weighted by Crippen LogP contribution is 2.26. The van der Waals surface area contributed by atoms with Crippen molar-refractivity contribution in [2.75, 3.05) is 26.2 Å². The number of hydrogen-bond donors (Lipinski definition) is 2. The molecule has 2 unspecified atom stereocenters. The molecule has 2 atom stereocenters. The van der Waals surface area contributed by atoms with Gasteiger partial charge < -0.3 is 10.4 Å². The number of nitrogens with zero attached hydrogens (tertiary/aromatic N) is 1. The van der Waals surface area contributed by atoms with Crippen molar-refractivity contribution in [3.8, 4) is 0 Å². The van der Waals surface area contributed by atoms with E-state index in [9.17, 15) is 0 Å². The van der Waals surface area contributed by atoms with Gasteiger partial charge in [-0.2, -0.15) is 0 Å². The molecule has 3 nitrogen and oxygen atoms in total. The lowest BCUT2D eigenvalue weighted by molar-refractivity contribution is 0.180. The fourth-order valence-corrected chi connectivity index (χ4v) is 3.19. The van der Waals surface area contributed by atoms with Crippen LogP contribution in [0.3, 0.4) is 0 Å². The lowest BCUT2D eigenvalue weighted by Crippen LogP contribution is -2.45. The molecule has 2 heterocycles. The van der Waals surface area contributed by atoms with E-state index < -0.39 is 0 Å². The molecule has 0 radical (unpaired) electrons. The van der Waals surface area contributed by atoms with Crippen LogP contribution >= 0.6 is 0 Å². The third kappa shape index (κ3) is 3.19. The van der Waals surface area contributed by atoms with Crippen molar-refractivity contribution in [1.29, 1.82) is 0 Å². The Balaban J connectivity index is 1.62. The molecule has 0 spiro atoms. The molecule has 2 fully saturated rings. The summed E-state index contributed by atoms with van der Waals surface area (Å²) in [5, 5.41) is 12.4. The summed E-state index contributed by atoms with van der Waals surface area (Å²) in [4.78, 5) is 2.68. The van der Waals surface area contributed by atoms with Crippen LogP contribution in [0, 0.1) is 0 Å². The van der Waals surface area contributed by atoms with E-state index in [2.05, 4.69) is 10.2 Å². The van der Waals surface area contributed by atoms with E-state index in [0.29, 0.717) is 6.61 Å². The molecule has 0 aliphatic carbocycles. The zero-order valence-electron chi connectivity index (χ0n) is 10.3. The molecule has 0 amide bonds. The third-order valence-electron chi connectivity index (χ3n) is 4.10. The molecular formula is C13H26N2O. The highest BCUT2D eigenvalue weighted by atomic mass is 16.2. The van der Waals surface area contributed by atoms with Gasteiger partial charge in [-0.05, 0) is 51.6 Å².